The van der Waals surface area contributed by atoms with E-state index in [4.69, 9.17) is 4.52 Å². The summed E-state index contributed by atoms with van der Waals surface area (Å²) in [5.74, 6) is -2.35. The normalized spacial score (nSPS) is 15.8. The zero-order valence-electron chi connectivity index (χ0n) is 19.7. The Balaban J connectivity index is 1.24. The van der Waals surface area contributed by atoms with E-state index >= 15 is 0 Å². The van der Waals surface area contributed by atoms with Gasteiger partial charge in [0.25, 0.3) is 5.92 Å². The van der Waals surface area contributed by atoms with Crippen LogP contribution < -0.4 is 5.10 Å². The maximum atomic E-state index is 14.5. The number of nitrogens with zero attached hydrogens (tertiary/aromatic N) is 6. The molecule has 1 fully saturated rings. The predicted octanol–water partition coefficient (Wildman–Crippen LogP) is 5.58. The van der Waals surface area contributed by atoms with Crippen LogP contribution in [0.3, 0.4) is 0 Å². The van der Waals surface area contributed by atoms with E-state index in [1.165, 1.54) is 10.7 Å². The van der Waals surface area contributed by atoms with Gasteiger partial charge >= 0.3 is 0 Å². The molecule has 1 aliphatic rings. The first-order valence-electron chi connectivity index (χ1n) is 11.9. The molecule has 10 heteroatoms. The molecule has 7 nitrogen and oxygen atoms in total. The summed E-state index contributed by atoms with van der Waals surface area (Å²) in [5.41, 5.74) is 3.95. The number of aromatic nitrogens is 5. The summed E-state index contributed by atoms with van der Waals surface area (Å²) in [6.45, 7) is 1.37. The number of halogens is 3. The number of piperidine rings is 1. The summed E-state index contributed by atoms with van der Waals surface area (Å²) < 4.78 is 48.4. The van der Waals surface area contributed by atoms with Crippen molar-refractivity contribution in [2.24, 2.45) is 0 Å². The van der Waals surface area contributed by atoms with Crippen LogP contribution in [0.5, 0.6) is 0 Å². The highest BCUT2D eigenvalue weighted by atomic mass is 19.3. The largest absolute Gasteiger partial charge is 0.584 e. The van der Waals surface area contributed by atoms with E-state index in [0.717, 1.165) is 16.7 Å². The third-order valence-corrected chi connectivity index (χ3v) is 6.51. The van der Waals surface area contributed by atoms with Crippen molar-refractivity contribution in [3.05, 3.63) is 84.4 Å². The summed E-state index contributed by atoms with van der Waals surface area (Å²) in [7, 11) is 0. The van der Waals surface area contributed by atoms with Crippen LogP contribution in [0.4, 0.5) is 13.2 Å². The Bertz CT molecular complexity index is 1500. The van der Waals surface area contributed by atoms with E-state index in [1.807, 2.05) is 29.2 Å². The molecule has 4 heterocycles. The average Bonchev–Trinajstić information content (AvgIpc) is 3.37. The van der Waals surface area contributed by atoms with Gasteiger partial charge in [-0.05, 0) is 41.1 Å². The van der Waals surface area contributed by atoms with Crippen LogP contribution in [0, 0.1) is 5.82 Å². The van der Waals surface area contributed by atoms with Crippen LogP contribution in [0.2, 0.25) is 0 Å². The van der Waals surface area contributed by atoms with Gasteiger partial charge in [-0.2, -0.15) is 4.98 Å². The van der Waals surface area contributed by atoms with Crippen LogP contribution in [-0.2, 0) is 6.54 Å². The molecule has 5 aromatic rings. The molecule has 0 atom stereocenters. The Kier molecular flexibility index (Phi) is 5.88. The number of hydrogen-bond acceptors (Lipinski definition) is 5. The molecule has 0 spiro atoms. The quantitative estimate of drug-likeness (QED) is 0.301. The molecule has 0 radical (unpaired) electrons. The molecule has 1 aliphatic heterocycles. The highest BCUT2D eigenvalue weighted by molar-refractivity contribution is 5.78. The first kappa shape index (κ1) is 23.2. The molecule has 37 heavy (non-hydrogen) atoms. The molecule has 6 rings (SSSR count). The predicted molar refractivity (Wildman–Crippen MR) is 130 cm³/mol. The number of hydrogen-bond donors (Lipinski definition) is 0. The lowest BCUT2D eigenvalue weighted by molar-refractivity contribution is -0.0566. The van der Waals surface area contributed by atoms with Gasteiger partial charge < -0.3 is 14.3 Å². The van der Waals surface area contributed by atoms with Crippen molar-refractivity contribution in [1.29, 1.82) is 0 Å². The van der Waals surface area contributed by atoms with Crippen LogP contribution >= 0.6 is 0 Å². The maximum Gasteiger partial charge on any atom is 0.250 e. The lowest BCUT2D eigenvalue weighted by Gasteiger charge is -2.34. The van der Waals surface area contributed by atoms with Crippen molar-refractivity contribution < 1.29 is 17.7 Å². The van der Waals surface area contributed by atoms with E-state index in [-0.39, 0.29) is 18.7 Å². The van der Waals surface area contributed by atoms with E-state index in [1.54, 1.807) is 42.7 Å². The summed E-state index contributed by atoms with van der Waals surface area (Å²) in [4.78, 5) is 10.6. The average molecular weight is 504 g/mol. The van der Waals surface area contributed by atoms with Gasteiger partial charge in [0.2, 0.25) is 11.7 Å². The first-order valence-corrected chi connectivity index (χ1v) is 11.9. The summed E-state index contributed by atoms with van der Waals surface area (Å²) in [6, 6.07) is 17.6. The molecule has 2 aromatic carbocycles. The minimum Gasteiger partial charge on any atom is -0.584 e. The molecule has 0 aliphatic carbocycles. The Hall–Kier alpha value is -4.18. The Labute approximate surface area is 210 Å². The van der Waals surface area contributed by atoms with Crippen molar-refractivity contribution in [2.45, 2.75) is 25.3 Å². The lowest BCUT2D eigenvalue weighted by atomic mass is 10.1. The fraction of sp³-hybridized carbons (Fsp3) is 0.222. The second-order valence-corrected chi connectivity index (χ2v) is 9.05. The zero-order chi connectivity index (χ0) is 25.4. The van der Waals surface area contributed by atoms with Crippen molar-refractivity contribution in [3.8, 4) is 39.9 Å². The summed E-state index contributed by atoms with van der Waals surface area (Å²) >= 11 is 0. The summed E-state index contributed by atoms with van der Waals surface area (Å²) in [6.07, 6.45) is 3.09. The van der Waals surface area contributed by atoms with Crippen molar-refractivity contribution >= 4 is 0 Å². The molecule has 3 aromatic heterocycles. The van der Waals surface area contributed by atoms with E-state index in [0.29, 0.717) is 42.5 Å². The molecule has 188 valence electrons. The second-order valence-electron chi connectivity index (χ2n) is 9.05. The molecular weight excluding hydrogens is 481 g/mol. The Morgan fingerprint density at radius 3 is 2.38 bits per heavy atom. The fourth-order valence-electron chi connectivity index (χ4n) is 4.46. The number of pyridine rings is 1. The van der Waals surface area contributed by atoms with Crippen LogP contribution in [0.1, 0.15) is 18.4 Å². The van der Waals surface area contributed by atoms with Gasteiger partial charge in [-0.1, -0.05) is 41.6 Å². The third-order valence-electron chi connectivity index (χ3n) is 6.51. The first-order chi connectivity index (χ1) is 18.0. The lowest BCUT2D eigenvalue weighted by Crippen LogP contribution is -2.38. The molecule has 0 unspecified atom stereocenters. The molecule has 0 amide bonds. The van der Waals surface area contributed by atoms with E-state index < -0.39 is 11.7 Å². The van der Waals surface area contributed by atoms with E-state index in [9.17, 15) is 13.2 Å². The van der Waals surface area contributed by atoms with Gasteiger partial charge in [-0.15, -0.1) is 0 Å². The van der Waals surface area contributed by atoms with Crippen LogP contribution in [0.15, 0.2) is 77.6 Å². The van der Waals surface area contributed by atoms with Crippen LogP contribution in [-0.4, -0.2) is 43.7 Å². The SMILES string of the molecule is Fc1ccccc1-n1[n-]c(-c2nc(-c3ccc(CN4CCC(F)(F)CC4)cc3)no2)c1-c1ccncc1. The van der Waals surface area contributed by atoms with Gasteiger partial charge in [-0.3, -0.25) is 9.88 Å². The number of rotatable bonds is 6. The molecule has 0 saturated carbocycles. The smallest absolute Gasteiger partial charge is 0.250 e. The number of likely N-dealkylation sites (tertiary alicyclic amines) is 1. The topological polar surface area (TPSA) is 74.1 Å². The van der Waals surface area contributed by atoms with Gasteiger partial charge in [0.05, 0.1) is 5.69 Å². The fourth-order valence-corrected chi connectivity index (χ4v) is 4.46. The summed E-state index contributed by atoms with van der Waals surface area (Å²) in [5, 5.41) is 8.59. The van der Waals surface area contributed by atoms with Gasteiger partial charge in [0, 0.05) is 56.1 Å². The Morgan fingerprint density at radius 1 is 0.919 bits per heavy atom. The molecule has 1 saturated heterocycles. The number of benzene rings is 2. The van der Waals surface area contributed by atoms with Gasteiger partial charge in [-0.25, -0.2) is 13.2 Å². The monoisotopic (exact) mass is 503 g/mol. The molecule has 0 bridgehead atoms. The zero-order valence-corrected chi connectivity index (χ0v) is 19.7. The molecule has 0 N–H and O–H groups in total. The minimum absolute atomic E-state index is 0.104. The van der Waals surface area contributed by atoms with Crippen molar-refractivity contribution in [2.75, 3.05) is 13.1 Å². The van der Waals surface area contributed by atoms with Crippen LogP contribution in [0.25, 0.3) is 39.9 Å². The number of alkyl halides is 2. The van der Waals surface area contributed by atoms with Gasteiger partial charge in [0.1, 0.15) is 5.82 Å². The standard InChI is InChI=1S/C27H22F3N6O/c28-21-3-1-2-4-22(21)36-24(19-9-13-31-14-10-19)23(33-36)26-32-25(34-37-26)20-7-5-18(6-8-20)17-35-15-11-27(29,30)12-16-35/h1-10,13-14H,11-12,15-17H2/q-1. The third kappa shape index (κ3) is 4.67. The van der Waals surface area contributed by atoms with Crippen molar-refractivity contribution in [1.82, 2.24) is 29.8 Å². The highest BCUT2D eigenvalue weighted by Crippen LogP contribution is 2.35. The van der Waals surface area contributed by atoms with E-state index in [2.05, 4.69) is 20.2 Å². The highest BCUT2D eigenvalue weighted by Gasteiger charge is 2.33. The van der Waals surface area contributed by atoms with Crippen molar-refractivity contribution in [3.63, 3.8) is 0 Å². The number of para-hydroxylation sites is 1. The second kappa shape index (κ2) is 9.36. The molecular formula is C27H22F3N6O-. The maximum absolute atomic E-state index is 14.5. The van der Waals surface area contributed by atoms with Gasteiger partial charge in [0.15, 0.2) is 0 Å². The Morgan fingerprint density at radius 2 is 1.65 bits per heavy atom. The minimum atomic E-state index is -2.55.